The fourth-order valence-corrected chi connectivity index (χ4v) is 8.87. The van der Waals surface area contributed by atoms with Crippen LogP contribution in [0.2, 0.25) is 0 Å². The SMILES string of the molecule is CC(=O)O[C@H]1C(=O)C2=C(C(=O)C[C@H]3[C@](C)(CO)C(=O)CC[C@]23C)[C@]2(C)C(=O)C[C@H]([C@H](C)CC/C=C(\C)C(=O)O)[C@@]12C. The highest BCUT2D eigenvalue weighted by Crippen LogP contribution is 2.70. The molecule has 0 aliphatic heterocycles. The standard InChI is InChI=1S/C32H42O9/c1-16(9-8-10-17(2)28(39)40)19-13-23(37)32(7)24-20(35)14-21-29(4,12-11-22(36)30(21,5)15-33)25(24)26(38)27(31(19,32)6)41-18(3)34/h10,16,19,21,27,33H,8-9,11-15H2,1-7H3,(H,39,40)/b17-10+/t16-,19-,21-,27+,29+,30+,31+,32+/m1/s1. The second-order valence-corrected chi connectivity index (χ2v) is 13.6. The third-order valence-electron chi connectivity index (χ3n) is 11.6. The minimum absolute atomic E-state index is 0.0674. The summed E-state index contributed by atoms with van der Waals surface area (Å²) in [6.45, 7) is 11.2. The molecule has 0 aromatic heterocycles. The van der Waals surface area contributed by atoms with Gasteiger partial charge in [-0.05, 0) is 50.9 Å². The van der Waals surface area contributed by atoms with Gasteiger partial charge < -0.3 is 14.9 Å². The van der Waals surface area contributed by atoms with Crippen molar-refractivity contribution in [2.24, 2.45) is 39.4 Å². The lowest BCUT2D eigenvalue weighted by Gasteiger charge is -2.60. The molecule has 4 rings (SSSR count). The van der Waals surface area contributed by atoms with Crippen LogP contribution in [-0.2, 0) is 33.5 Å². The fraction of sp³-hybridized carbons (Fsp3) is 0.688. The summed E-state index contributed by atoms with van der Waals surface area (Å²) >= 11 is 0. The van der Waals surface area contributed by atoms with Gasteiger partial charge in [0, 0.05) is 53.7 Å². The van der Waals surface area contributed by atoms with Crippen LogP contribution in [0.3, 0.4) is 0 Å². The summed E-state index contributed by atoms with van der Waals surface area (Å²) < 4.78 is 5.80. The minimum atomic E-state index is -1.41. The molecule has 0 radical (unpaired) electrons. The number of aliphatic carboxylic acids is 1. The number of rotatable bonds is 7. The van der Waals surface area contributed by atoms with E-state index in [2.05, 4.69) is 0 Å². The molecule has 2 fully saturated rings. The largest absolute Gasteiger partial charge is 0.478 e. The molecule has 224 valence electrons. The second kappa shape index (κ2) is 10.1. The number of carbonyl (C=O) groups is 6. The molecule has 0 heterocycles. The second-order valence-electron chi connectivity index (χ2n) is 13.6. The molecule has 4 aliphatic carbocycles. The minimum Gasteiger partial charge on any atom is -0.478 e. The van der Waals surface area contributed by atoms with Crippen molar-refractivity contribution in [3.8, 4) is 0 Å². The number of carbonyl (C=O) groups excluding carboxylic acids is 5. The highest BCUT2D eigenvalue weighted by molar-refractivity contribution is 6.18. The molecule has 9 heteroatoms. The summed E-state index contributed by atoms with van der Waals surface area (Å²) in [6.07, 6.45) is 1.70. The lowest BCUT2D eigenvalue weighted by Crippen LogP contribution is -2.65. The van der Waals surface area contributed by atoms with Crippen molar-refractivity contribution in [1.29, 1.82) is 0 Å². The van der Waals surface area contributed by atoms with Crippen molar-refractivity contribution in [1.82, 2.24) is 0 Å². The van der Waals surface area contributed by atoms with Gasteiger partial charge in [0.1, 0.15) is 11.6 Å². The highest BCUT2D eigenvalue weighted by atomic mass is 16.5. The van der Waals surface area contributed by atoms with Crippen LogP contribution in [0.1, 0.15) is 87.0 Å². The first-order chi connectivity index (χ1) is 18.9. The predicted molar refractivity (Wildman–Crippen MR) is 147 cm³/mol. The molecule has 0 unspecified atom stereocenters. The van der Waals surface area contributed by atoms with Crippen LogP contribution in [-0.4, -0.2) is 58.0 Å². The van der Waals surface area contributed by atoms with Gasteiger partial charge in [0.25, 0.3) is 0 Å². The molecular formula is C32H42O9. The van der Waals surface area contributed by atoms with Crippen molar-refractivity contribution >= 4 is 35.1 Å². The van der Waals surface area contributed by atoms with Crippen LogP contribution in [0.15, 0.2) is 22.8 Å². The zero-order chi connectivity index (χ0) is 30.9. The van der Waals surface area contributed by atoms with Crippen molar-refractivity contribution in [2.75, 3.05) is 6.61 Å². The number of ether oxygens (including phenoxy) is 1. The number of hydrogen-bond acceptors (Lipinski definition) is 8. The van der Waals surface area contributed by atoms with E-state index in [9.17, 15) is 39.0 Å². The van der Waals surface area contributed by atoms with E-state index >= 15 is 0 Å². The average molecular weight is 571 g/mol. The Morgan fingerprint density at radius 2 is 1.66 bits per heavy atom. The molecule has 41 heavy (non-hydrogen) atoms. The number of carboxylic acid groups (broad SMARTS) is 1. The van der Waals surface area contributed by atoms with Gasteiger partial charge in [-0.25, -0.2) is 4.79 Å². The lowest BCUT2D eigenvalue weighted by atomic mass is 9.42. The van der Waals surface area contributed by atoms with Crippen LogP contribution in [0.4, 0.5) is 0 Å². The van der Waals surface area contributed by atoms with Crippen LogP contribution in [0, 0.1) is 39.4 Å². The van der Waals surface area contributed by atoms with Crippen molar-refractivity contribution in [3.63, 3.8) is 0 Å². The Morgan fingerprint density at radius 1 is 1.02 bits per heavy atom. The first-order valence-corrected chi connectivity index (χ1v) is 14.5. The number of aliphatic hydroxyl groups excluding tert-OH is 1. The average Bonchev–Trinajstić information content (AvgIpc) is 3.11. The molecule has 2 N–H and O–H groups in total. The maximum absolute atomic E-state index is 14.6. The number of carboxylic acids is 1. The van der Waals surface area contributed by atoms with Crippen LogP contribution >= 0.6 is 0 Å². The van der Waals surface area contributed by atoms with Gasteiger partial charge in [0.15, 0.2) is 11.9 Å². The van der Waals surface area contributed by atoms with E-state index in [1.54, 1.807) is 26.8 Å². The Morgan fingerprint density at radius 3 is 2.22 bits per heavy atom. The molecule has 0 aromatic carbocycles. The van der Waals surface area contributed by atoms with Gasteiger partial charge in [-0.2, -0.15) is 0 Å². The normalized spacial score (nSPS) is 39.7. The number of fused-ring (bicyclic) bond motifs is 4. The predicted octanol–water partition coefficient (Wildman–Crippen LogP) is 3.80. The maximum Gasteiger partial charge on any atom is 0.330 e. The molecular weight excluding hydrogens is 528 g/mol. The summed E-state index contributed by atoms with van der Waals surface area (Å²) in [5.74, 6) is -4.14. The van der Waals surface area contributed by atoms with E-state index in [1.165, 1.54) is 13.8 Å². The zero-order valence-electron chi connectivity index (χ0n) is 25.1. The number of Topliss-reactive ketones (excluding diaryl/α,β-unsaturated/α-hetero) is 4. The molecule has 0 bridgehead atoms. The first-order valence-electron chi connectivity index (χ1n) is 14.5. The van der Waals surface area contributed by atoms with E-state index < -0.39 is 63.9 Å². The van der Waals surface area contributed by atoms with Gasteiger partial charge in [-0.15, -0.1) is 0 Å². The zero-order valence-corrected chi connectivity index (χ0v) is 25.1. The molecule has 2 saturated carbocycles. The Bertz CT molecular complexity index is 1310. The highest BCUT2D eigenvalue weighted by Gasteiger charge is 2.74. The van der Waals surface area contributed by atoms with Gasteiger partial charge in [-0.1, -0.05) is 33.8 Å². The Balaban J connectivity index is 1.91. The molecule has 8 atom stereocenters. The quantitative estimate of drug-likeness (QED) is 0.344. The van der Waals surface area contributed by atoms with Crippen LogP contribution in [0.5, 0.6) is 0 Å². The Hall–Kier alpha value is -2.94. The summed E-state index contributed by atoms with van der Waals surface area (Å²) in [4.78, 5) is 79.5. The molecule has 4 aliphatic rings. The smallest absolute Gasteiger partial charge is 0.330 e. The summed E-state index contributed by atoms with van der Waals surface area (Å²) in [7, 11) is 0. The molecule has 0 amide bonds. The first kappa shape index (κ1) is 31.0. The van der Waals surface area contributed by atoms with Gasteiger partial charge in [-0.3, -0.25) is 24.0 Å². The monoisotopic (exact) mass is 570 g/mol. The van der Waals surface area contributed by atoms with Gasteiger partial charge in [0.2, 0.25) is 5.78 Å². The maximum atomic E-state index is 14.6. The van der Waals surface area contributed by atoms with Crippen molar-refractivity contribution in [2.45, 2.75) is 93.1 Å². The number of ketones is 4. The summed E-state index contributed by atoms with van der Waals surface area (Å²) in [5.41, 5.74) is -4.25. The Kier molecular flexibility index (Phi) is 7.64. The van der Waals surface area contributed by atoms with E-state index in [-0.39, 0.29) is 65.7 Å². The van der Waals surface area contributed by atoms with Gasteiger partial charge in [0.05, 0.1) is 17.4 Å². The molecule has 0 saturated heterocycles. The molecule has 0 aromatic rings. The van der Waals surface area contributed by atoms with E-state index in [4.69, 9.17) is 4.74 Å². The third-order valence-corrected chi connectivity index (χ3v) is 11.6. The number of allylic oxidation sites excluding steroid dienone is 2. The Labute approximate surface area is 240 Å². The van der Waals surface area contributed by atoms with Crippen LogP contribution < -0.4 is 0 Å². The fourth-order valence-electron chi connectivity index (χ4n) is 8.87. The molecule has 0 spiro atoms. The summed E-state index contributed by atoms with van der Waals surface area (Å²) in [6, 6.07) is 0. The third kappa shape index (κ3) is 4.13. The number of esters is 1. The number of aliphatic hydroxyl groups is 1. The van der Waals surface area contributed by atoms with E-state index in [1.807, 2.05) is 13.8 Å². The molecule has 9 nitrogen and oxygen atoms in total. The van der Waals surface area contributed by atoms with Gasteiger partial charge >= 0.3 is 11.9 Å². The summed E-state index contributed by atoms with van der Waals surface area (Å²) in [5, 5.41) is 19.5. The van der Waals surface area contributed by atoms with Crippen molar-refractivity contribution < 1.29 is 43.7 Å². The number of hydrogen-bond donors (Lipinski definition) is 2. The van der Waals surface area contributed by atoms with E-state index in [0.717, 1.165) is 0 Å². The topological polar surface area (TPSA) is 152 Å². The van der Waals surface area contributed by atoms with Crippen LogP contribution in [0.25, 0.3) is 0 Å². The van der Waals surface area contributed by atoms with Crippen molar-refractivity contribution in [3.05, 3.63) is 22.8 Å². The lowest BCUT2D eigenvalue weighted by molar-refractivity contribution is -0.175. The van der Waals surface area contributed by atoms with E-state index in [0.29, 0.717) is 12.8 Å².